The summed E-state index contributed by atoms with van der Waals surface area (Å²) in [5.41, 5.74) is 3.70. The molecule has 1 aromatic carbocycles. The Morgan fingerprint density at radius 2 is 1.73 bits per heavy atom. The van der Waals surface area contributed by atoms with Crippen LogP contribution in [0.25, 0.3) is 0 Å². The molecule has 1 heterocycles. The standard InChI is InChI=1S/C18H23N3O/c1-13-10-20-16(11-19-13)17(22)21(5)12-14-6-8-15(9-7-14)18(2,3)4/h6-11H,12H2,1-5H3. The number of aryl methyl sites for hydroxylation is 1. The van der Waals surface area contributed by atoms with Crippen LogP contribution in [0.5, 0.6) is 0 Å². The predicted octanol–water partition coefficient (Wildman–Crippen LogP) is 3.35. The van der Waals surface area contributed by atoms with E-state index in [0.29, 0.717) is 12.2 Å². The Morgan fingerprint density at radius 1 is 1.09 bits per heavy atom. The first-order chi connectivity index (χ1) is 10.3. The summed E-state index contributed by atoms with van der Waals surface area (Å²) >= 11 is 0. The zero-order valence-corrected chi connectivity index (χ0v) is 13.9. The number of carbonyl (C=O) groups is 1. The molecule has 0 radical (unpaired) electrons. The van der Waals surface area contributed by atoms with Crippen LogP contribution in [0.2, 0.25) is 0 Å². The minimum atomic E-state index is -0.118. The third-order valence-electron chi connectivity index (χ3n) is 3.59. The van der Waals surface area contributed by atoms with Crippen LogP contribution >= 0.6 is 0 Å². The summed E-state index contributed by atoms with van der Waals surface area (Å²) in [6.45, 7) is 8.97. The Balaban J connectivity index is 2.06. The summed E-state index contributed by atoms with van der Waals surface area (Å²) in [4.78, 5) is 22.2. The highest BCUT2D eigenvalue weighted by molar-refractivity contribution is 5.91. The topological polar surface area (TPSA) is 46.1 Å². The van der Waals surface area contributed by atoms with E-state index < -0.39 is 0 Å². The first-order valence-corrected chi connectivity index (χ1v) is 7.41. The van der Waals surface area contributed by atoms with Crippen LogP contribution in [0.4, 0.5) is 0 Å². The van der Waals surface area contributed by atoms with Gasteiger partial charge in [-0.1, -0.05) is 45.0 Å². The molecule has 4 nitrogen and oxygen atoms in total. The number of hydrogen-bond acceptors (Lipinski definition) is 3. The molecule has 1 aromatic heterocycles. The molecule has 0 atom stereocenters. The van der Waals surface area contributed by atoms with E-state index in [4.69, 9.17) is 0 Å². The first-order valence-electron chi connectivity index (χ1n) is 7.41. The van der Waals surface area contributed by atoms with Gasteiger partial charge in [0.15, 0.2) is 0 Å². The molecule has 4 heteroatoms. The van der Waals surface area contributed by atoms with Gasteiger partial charge in [-0.05, 0) is 23.5 Å². The fraction of sp³-hybridized carbons (Fsp3) is 0.389. The molecule has 116 valence electrons. The Hall–Kier alpha value is -2.23. The molecule has 0 bridgehead atoms. The average Bonchev–Trinajstić information content (AvgIpc) is 2.47. The number of benzene rings is 1. The molecule has 0 N–H and O–H groups in total. The minimum Gasteiger partial charge on any atom is -0.336 e. The van der Waals surface area contributed by atoms with E-state index in [0.717, 1.165) is 11.3 Å². The fourth-order valence-corrected chi connectivity index (χ4v) is 2.15. The Morgan fingerprint density at radius 3 is 2.23 bits per heavy atom. The van der Waals surface area contributed by atoms with Crippen LogP contribution in [-0.2, 0) is 12.0 Å². The van der Waals surface area contributed by atoms with Gasteiger partial charge in [0.1, 0.15) is 5.69 Å². The Kier molecular flexibility index (Phi) is 4.59. The van der Waals surface area contributed by atoms with E-state index in [2.05, 4.69) is 55.0 Å². The summed E-state index contributed by atoms with van der Waals surface area (Å²) < 4.78 is 0. The number of amides is 1. The normalized spacial score (nSPS) is 11.3. The number of rotatable bonds is 3. The van der Waals surface area contributed by atoms with Crippen molar-refractivity contribution in [3.8, 4) is 0 Å². The first kappa shape index (κ1) is 16.1. The Bertz CT molecular complexity index is 640. The lowest BCUT2D eigenvalue weighted by Crippen LogP contribution is -2.27. The van der Waals surface area contributed by atoms with Crippen LogP contribution in [0, 0.1) is 6.92 Å². The molecule has 0 unspecified atom stereocenters. The van der Waals surface area contributed by atoms with Crippen LogP contribution in [-0.4, -0.2) is 27.8 Å². The molecule has 2 aromatic rings. The highest BCUT2D eigenvalue weighted by atomic mass is 16.2. The molecule has 0 spiro atoms. The molecular weight excluding hydrogens is 274 g/mol. The summed E-state index contributed by atoms with van der Waals surface area (Å²) in [7, 11) is 1.78. The lowest BCUT2D eigenvalue weighted by Gasteiger charge is -2.20. The number of aromatic nitrogens is 2. The third kappa shape index (κ3) is 3.91. The fourth-order valence-electron chi connectivity index (χ4n) is 2.15. The molecule has 0 aliphatic carbocycles. The second-order valence-corrected chi connectivity index (χ2v) is 6.65. The summed E-state index contributed by atoms with van der Waals surface area (Å²) in [6.07, 6.45) is 3.13. The van der Waals surface area contributed by atoms with Crippen molar-refractivity contribution in [3.63, 3.8) is 0 Å². The maximum absolute atomic E-state index is 12.3. The summed E-state index contributed by atoms with van der Waals surface area (Å²) in [5.74, 6) is -0.118. The van der Waals surface area contributed by atoms with Crippen molar-refractivity contribution in [2.75, 3.05) is 7.05 Å². The van der Waals surface area contributed by atoms with Crippen LogP contribution < -0.4 is 0 Å². The van der Waals surface area contributed by atoms with Gasteiger partial charge in [0.05, 0.1) is 11.9 Å². The van der Waals surface area contributed by atoms with Gasteiger partial charge in [-0.3, -0.25) is 9.78 Å². The van der Waals surface area contributed by atoms with E-state index in [1.165, 1.54) is 11.8 Å². The molecule has 22 heavy (non-hydrogen) atoms. The monoisotopic (exact) mass is 297 g/mol. The predicted molar refractivity (Wildman–Crippen MR) is 87.7 cm³/mol. The molecule has 2 rings (SSSR count). The molecule has 0 saturated carbocycles. The van der Waals surface area contributed by atoms with Crippen molar-refractivity contribution in [3.05, 3.63) is 59.2 Å². The van der Waals surface area contributed by atoms with Gasteiger partial charge in [-0.2, -0.15) is 0 Å². The van der Waals surface area contributed by atoms with E-state index in [1.807, 2.05) is 6.92 Å². The zero-order valence-electron chi connectivity index (χ0n) is 13.9. The van der Waals surface area contributed by atoms with Gasteiger partial charge >= 0.3 is 0 Å². The second kappa shape index (κ2) is 6.26. The van der Waals surface area contributed by atoms with Gasteiger partial charge in [0, 0.05) is 19.8 Å². The lowest BCUT2D eigenvalue weighted by atomic mass is 9.87. The minimum absolute atomic E-state index is 0.118. The van der Waals surface area contributed by atoms with Gasteiger partial charge in [0.25, 0.3) is 5.91 Å². The van der Waals surface area contributed by atoms with Crippen molar-refractivity contribution in [2.45, 2.75) is 39.7 Å². The van der Waals surface area contributed by atoms with Crippen molar-refractivity contribution in [2.24, 2.45) is 0 Å². The molecular formula is C18H23N3O. The molecule has 0 fully saturated rings. The van der Waals surface area contributed by atoms with Crippen molar-refractivity contribution < 1.29 is 4.79 Å². The summed E-state index contributed by atoms with van der Waals surface area (Å²) in [6, 6.07) is 8.40. The van der Waals surface area contributed by atoms with E-state index in [9.17, 15) is 4.79 Å². The number of carbonyl (C=O) groups excluding carboxylic acids is 1. The summed E-state index contributed by atoms with van der Waals surface area (Å²) in [5, 5.41) is 0. The largest absolute Gasteiger partial charge is 0.336 e. The van der Waals surface area contributed by atoms with Crippen molar-refractivity contribution in [1.29, 1.82) is 0 Å². The molecule has 0 aliphatic rings. The maximum atomic E-state index is 12.3. The quantitative estimate of drug-likeness (QED) is 0.872. The SMILES string of the molecule is Cc1cnc(C(=O)N(C)Cc2ccc(C(C)(C)C)cc2)cn1. The van der Waals surface area contributed by atoms with Crippen LogP contribution in [0.1, 0.15) is 48.1 Å². The molecule has 1 amide bonds. The lowest BCUT2D eigenvalue weighted by molar-refractivity contribution is 0.0778. The van der Waals surface area contributed by atoms with Gasteiger partial charge < -0.3 is 4.90 Å². The second-order valence-electron chi connectivity index (χ2n) is 6.65. The highest BCUT2D eigenvalue weighted by Gasteiger charge is 2.15. The zero-order chi connectivity index (χ0) is 16.3. The maximum Gasteiger partial charge on any atom is 0.274 e. The third-order valence-corrected chi connectivity index (χ3v) is 3.59. The van der Waals surface area contributed by atoms with Gasteiger partial charge in [0.2, 0.25) is 0 Å². The van der Waals surface area contributed by atoms with Gasteiger partial charge in [-0.25, -0.2) is 4.98 Å². The smallest absolute Gasteiger partial charge is 0.274 e. The van der Waals surface area contributed by atoms with Crippen molar-refractivity contribution in [1.82, 2.24) is 14.9 Å². The van der Waals surface area contributed by atoms with E-state index in [1.54, 1.807) is 18.1 Å². The van der Waals surface area contributed by atoms with Crippen molar-refractivity contribution >= 4 is 5.91 Å². The van der Waals surface area contributed by atoms with E-state index in [-0.39, 0.29) is 11.3 Å². The molecule has 0 saturated heterocycles. The number of nitrogens with zero attached hydrogens (tertiary/aromatic N) is 3. The molecule has 0 aliphatic heterocycles. The van der Waals surface area contributed by atoms with Crippen LogP contribution in [0.3, 0.4) is 0 Å². The van der Waals surface area contributed by atoms with E-state index >= 15 is 0 Å². The van der Waals surface area contributed by atoms with Gasteiger partial charge in [-0.15, -0.1) is 0 Å². The number of hydrogen-bond donors (Lipinski definition) is 0. The average molecular weight is 297 g/mol. The van der Waals surface area contributed by atoms with Crippen LogP contribution in [0.15, 0.2) is 36.7 Å². The Labute approximate surface area is 132 Å². The highest BCUT2D eigenvalue weighted by Crippen LogP contribution is 2.22.